The van der Waals surface area contributed by atoms with Gasteiger partial charge in [0.1, 0.15) is 21.4 Å². The van der Waals surface area contributed by atoms with E-state index in [1.165, 1.54) is 18.4 Å². The molecule has 31 heavy (non-hydrogen) atoms. The fraction of sp³-hybridized carbons (Fsp3) is 0.0833. The number of carbonyl (C=O) groups excluding carboxylic acids is 2. The van der Waals surface area contributed by atoms with Crippen molar-refractivity contribution in [3.63, 3.8) is 0 Å². The van der Waals surface area contributed by atoms with Crippen LogP contribution in [0.2, 0.25) is 10.0 Å². The number of ketones is 2. The zero-order valence-electron chi connectivity index (χ0n) is 16.4. The molecule has 0 saturated carbocycles. The third-order valence-electron chi connectivity index (χ3n) is 4.71. The number of halogens is 2. The van der Waals surface area contributed by atoms with Crippen molar-refractivity contribution in [2.24, 2.45) is 0 Å². The average Bonchev–Trinajstić information content (AvgIpc) is 3.18. The van der Waals surface area contributed by atoms with Gasteiger partial charge in [-0.15, -0.1) is 11.3 Å². The van der Waals surface area contributed by atoms with Crippen LogP contribution in [0.5, 0.6) is 11.5 Å². The second kappa shape index (κ2) is 9.10. The van der Waals surface area contributed by atoms with Crippen molar-refractivity contribution in [3.8, 4) is 11.5 Å². The molecular formula is C24H16Cl2O4S. The van der Waals surface area contributed by atoms with Crippen molar-refractivity contribution in [2.75, 3.05) is 13.7 Å². The van der Waals surface area contributed by atoms with Crippen molar-refractivity contribution >= 4 is 56.2 Å². The van der Waals surface area contributed by atoms with Gasteiger partial charge in [-0.25, -0.2) is 0 Å². The van der Waals surface area contributed by atoms with Gasteiger partial charge in [0.25, 0.3) is 0 Å². The van der Waals surface area contributed by atoms with Crippen LogP contribution in [0.4, 0.5) is 0 Å². The van der Waals surface area contributed by atoms with Crippen molar-refractivity contribution in [1.82, 2.24) is 0 Å². The maximum absolute atomic E-state index is 13.1. The molecule has 1 heterocycles. The largest absolute Gasteiger partial charge is 0.495 e. The smallest absolute Gasteiger partial charge is 0.206 e. The van der Waals surface area contributed by atoms with Gasteiger partial charge < -0.3 is 9.47 Å². The molecule has 0 aliphatic carbocycles. The van der Waals surface area contributed by atoms with Crippen LogP contribution in [-0.2, 0) is 0 Å². The van der Waals surface area contributed by atoms with E-state index in [0.29, 0.717) is 21.9 Å². The molecule has 0 fully saturated rings. The van der Waals surface area contributed by atoms with Crippen LogP contribution in [0.3, 0.4) is 0 Å². The molecule has 0 spiro atoms. The molecule has 0 radical (unpaired) electrons. The highest BCUT2D eigenvalue weighted by molar-refractivity contribution is 7.21. The Kier molecular flexibility index (Phi) is 6.28. The summed E-state index contributed by atoms with van der Waals surface area (Å²) in [5, 5.41) is 1.04. The van der Waals surface area contributed by atoms with Gasteiger partial charge in [-0.05, 0) is 24.3 Å². The van der Waals surface area contributed by atoms with Gasteiger partial charge in [0.15, 0.2) is 6.61 Å². The Bertz CT molecular complexity index is 1280. The molecule has 0 atom stereocenters. The Morgan fingerprint density at radius 2 is 1.61 bits per heavy atom. The van der Waals surface area contributed by atoms with Gasteiger partial charge in [-0.1, -0.05) is 65.7 Å². The number of rotatable bonds is 7. The molecule has 0 amide bonds. The van der Waals surface area contributed by atoms with Gasteiger partial charge in [0.05, 0.1) is 12.1 Å². The molecule has 4 aromatic rings. The molecule has 0 aliphatic rings. The number of Topliss-reactive ketones (excluding diaryl/α,β-unsaturated/α-hetero) is 1. The van der Waals surface area contributed by atoms with Crippen LogP contribution in [0.15, 0.2) is 66.7 Å². The Morgan fingerprint density at radius 3 is 2.35 bits per heavy atom. The summed E-state index contributed by atoms with van der Waals surface area (Å²) < 4.78 is 11.9. The molecule has 3 aromatic carbocycles. The molecule has 0 saturated heterocycles. The fourth-order valence-corrected chi connectivity index (χ4v) is 4.77. The van der Waals surface area contributed by atoms with Crippen LogP contribution in [-0.4, -0.2) is 25.3 Å². The van der Waals surface area contributed by atoms with Crippen LogP contribution >= 0.6 is 34.5 Å². The lowest BCUT2D eigenvalue weighted by molar-refractivity contribution is 0.0917. The zero-order valence-corrected chi connectivity index (χ0v) is 18.7. The fourth-order valence-electron chi connectivity index (χ4n) is 3.16. The highest BCUT2D eigenvalue weighted by Crippen LogP contribution is 2.39. The minimum Gasteiger partial charge on any atom is -0.495 e. The Morgan fingerprint density at radius 1 is 0.903 bits per heavy atom. The van der Waals surface area contributed by atoms with Crippen molar-refractivity contribution in [1.29, 1.82) is 0 Å². The SMILES string of the molecule is COc1ccc(C(=O)COc2c(C(=O)c3ccccc3)sc3ccccc23)c(Cl)c1Cl. The van der Waals surface area contributed by atoms with E-state index < -0.39 is 0 Å². The summed E-state index contributed by atoms with van der Waals surface area (Å²) in [5.74, 6) is 0.250. The first-order valence-electron chi connectivity index (χ1n) is 9.30. The minimum atomic E-state index is -0.358. The monoisotopic (exact) mass is 470 g/mol. The second-order valence-electron chi connectivity index (χ2n) is 6.61. The first-order valence-corrected chi connectivity index (χ1v) is 10.9. The minimum absolute atomic E-state index is 0.102. The number of thiophene rings is 1. The van der Waals surface area contributed by atoms with Crippen LogP contribution in [0.25, 0.3) is 10.1 Å². The highest BCUT2D eigenvalue weighted by Gasteiger charge is 2.23. The van der Waals surface area contributed by atoms with E-state index >= 15 is 0 Å². The van der Waals surface area contributed by atoms with E-state index in [0.717, 1.165) is 10.1 Å². The lowest BCUT2D eigenvalue weighted by Gasteiger charge is -2.11. The second-order valence-corrected chi connectivity index (χ2v) is 8.41. The molecule has 0 unspecified atom stereocenters. The Hall–Kier alpha value is -2.86. The summed E-state index contributed by atoms with van der Waals surface area (Å²) in [5.41, 5.74) is 0.776. The van der Waals surface area contributed by atoms with Crippen molar-refractivity contribution < 1.29 is 19.1 Å². The molecule has 0 bridgehead atoms. The summed E-state index contributed by atoms with van der Waals surface area (Å²) in [7, 11) is 1.47. The molecule has 0 N–H and O–H groups in total. The number of benzene rings is 3. The highest BCUT2D eigenvalue weighted by atomic mass is 35.5. The first kappa shape index (κ1) is 21.4. The van der Waals surface area contributed by atoms with Crippen LogP contribution < -0.4 is 9.47 Å². The first-order chi connectivity index (χ1) is 15.0. The van der Waals surface area contributed by atoms with Gasteiger partial charge in [-0.2, -0.15) is 0 Å². The van der Waals surface area contributed by atoms with E-state index in [2.05, 4.69) is 0 Å². The third kappa shape index (κ3) is 4.17. The lowest BCUT2D eigenvalue weighted by Crippen LogP contribution is -2.13. The number of hydrogen-bond donors (Lipinski definition) is 0. The maximum Gasteiger partial charge on any atom is 0.206 e. The van der Waals surface area contributed by atoms with E-state index in [9.17, 15) is 9.59 Å². The topological polar surface area (TPSA) is 52.6 Å². The van der Waals surface area contributed by atoms with Crippen LogP contribution in [0, 0.1) is 0 Å². The standard InChI is InChI=1S/C24H16Cl2O4S/c1-29-18-12-11-15(20(25)21(18)26)17(27)13-30-23-16-9-5-6-10-19(16)31-24(23)22(28)14-7-3-2-4-8-14/h2-12H,13H2,1H3. The molecule has 4 nitrogen and oxygen atoms in total. The number of methoxy groups -OCH3 is 1. The predicted molar refractivity (Wildman–Crippen MR) is 125 cm³/mol. The van der Waals surface area contributed by atoms with Crippen molar-refractivity contribution in [3.05, 3.63) is 92.8 Å². The van der Waals surface area contributed by atoms with E-state index in [4.69, 9.17) is 32.7 Å². The summed E-state index contributed by atoms with van der Waals surface area (Å²) in [6.45, 7) is -0.293. The van der Waals surface area contributed by atoms with Gasteiger partial charge >= 0.3 is 0 Å². The maximum atomic E-state index is 13.1. The number of fused-ring (bicyclic) bond motifs is 1. The van der Waals surface area contributed by atoms with Crippen LogP contribution in [0.1, 0.15) is 25.6 Å². The molecule has 7 heteroatoms. The third-order valence-corrected chi connectivity index (χ3v) is 6.72. The van der Waals surface area contributed by atoms with Gasteiger partial charge in [0.2, 0.25) is 11.6 Å². The summed E-state index contributed by atoms with van der Waals surface area (Å²) in [4.78, 5) is 26.4. The summed E-state index contributed by atoms with van der Waals surface area (Å²) in [6, 6.07) is 19.6. The van der Waals surface area contributed by atoms with E-state index in [1.807, 2.05) is 30.3 Å². The summed E-state index contributed by atoms with van der Waals surface area (Å²) >= 11 is 13.7. The molecule has 4 rings (SSSR count). The van der Waals surface area contributed by atoms with E-state index in [-0.39, 0.29) is 33.8 Å². The number of hydrogen-bond acceptors (Lipinski definition) is 5. The molecular weight excluding hydrogens is 455 g/mol. The molecule has 156 valence electrons. The Balaban J connectivity index is 1.66. The lowest BCUT2D eigenvalue weighted by atomic mass is 10.1. The van der Waals surface area contributed by atoms with Gasteiger partial charge in [0, 0.05) is 21.2 Å². The van der Waals surface area contributed by atoms with E-state index in [1.54, 1.807) is 36.4 Å². The van der Waals surface area contributed by atoms with Crippen molar-refractivity contribution in [2.45, 2.75) is 0 Å². The Labute approximate surface area is 192 Å². The number of ether oxygens (including phenoxy) is 2. The summed E-state index contributed by atoms with van der Waals surface area (Å²) in [6.07, 6.45) is 0. The quantitative estimate of drug-likeness (QED) is 0.281. The molecule has 1 aromatic heterocycles. The number of carbonyl (C=O) groups is 2. The normalized spacial score (nSPS) is 10.8. The average molecular weight is 471 g/mol. The zero-order chi connectivity index (χ0) is 22.0. The predicted octanol–water partition coefficient (Wildman–Crippen LogP) is 6.71. The molecule has 0 aliphatic heterocycles. The van der Waals surface area contributed by atoms with Gasteiger partial charge in [-0.3, -0.25) is 9.59 Å².